The maximum atomic E-state index is 14.2. The van der Waals surface area contributed by atoms with E-state index in [4.69, 9.17) is 9.47 Å². The van der Waals surface area contributed by atoms with Crippen LogP contribution in [0.1, 0.15) is 30.5 Å². The number of carbonyl (C=O) groups excluding carboxylic acids is 1. The molecule has 0 unspecified atom stereocenters. The smallest absolute Gasteiger partial charge is 0.244 e. The molecule has 0 saturated heterocycles. The van der Waals surface area contributed by atoms with Gasteiger partial charge in [-0.2, -0.15) is 0 Å². The van der Waals surface area contributed by atoms with E-state index < -0.39 is 5.60 Å². The van der Waals surface area contributed by atoms with E-state index in [1.807, 2.05) is 19.1 Å². The summed E-state index contributed by atoms with van der Waals surface area (Å²) in [6.07, 6.45) is 10.2. The van der Waals surface area contributed by atoms with Gasteiger partial charge in [0.1, 0.15) is 17.3 Å². The van der Waals surface area contributed by atoms with Crippen molar-refractivity contribution in [3.63, 3.8) is 0 Å². The summed E-state index contributed by atoms with van der Waals surface area (Å²) < 4.78 is 25.0. The number of carbonyl (C=O) groups is 1. The number of allylic oxidation sites excluding steroid dienone is 7. The fourth-order valence-corrected chi connectivity index (χ4v) is 4.28. The van der Waals surface area contributed by atoms with Gasteiger partial charge in [-0.3, -0.25) is 9.78 Å². The maximum Gasteiger partial charge on any atom is 0.244 e. The number of halogens is 1. The predicted octanol–water partition coefficient (Wildman–Crippen LogP) is 4.46. The predicted molar refractivity (Wildman–Crippen MR) is 132 cm³/mol. The Morgan fingerprint density at radius 1 is 1.17 bits per heavy atom. The van der Waals surface area contributed by atoms with Gasteiger partial charge in [-0.1, -0.05) is 12.1 Å². The van der Waals surface area contributed by atoms with Crippen molar-refractivity contribution in [3.8, 4) is 0 Å². The van der Waals surface area contributed by atoms with E-state index in [9.17, 15) is 14.3 Å². The molecule has 180 valence electrons. The van der Waals surface area contributed by atoms with E-state index in [0.717, 1.165) is 27.8 Å². The molecular formula is C28H27FN2O4. The van der Waals surface area contributed by atoms with E-state index in [0.29, 0.717) is 29.2 Å². The second kappa shape index (κ2) is 9.72. The Balaban J connectivity index is 1.73. The Bertz CT molecular complexity index is 1290. The number of fused-ring (bicyclic) bond motifs is 1. The molecule has 0 saturated carbocycles. The van der Waals surface area contributed by atoms with Crippen molar-refractivity contribution in [1.82, 2.24) is 10.3 Å². The van der Waals surface area contributed by atoms with Gasteiger partial charge >= 0.3 is 0 Å². The molecule has 35 heavy (non-hydrogen) atoms. The van der Waals surface area contributed by atoms with E-state index >= 15 is 0 Å². The highest BCUT2D eigenvalue weighted by molar-refractivity contribution is 6.08. The first-order valence-electron chi connectivity index (χ1n) is 11.1. The second-order valence-corrected chi connectivity index (χ2v) is 8.51. The molecule has 4 rings (SSSR count). The minimum atomic E-state index is -1.39. The summed E-state index contributed by atoms with van der Waals surface area (Å²) in [5, 5.41) is 13.6. The molecule has 0 fully saturated rings. The first kappa shape index (κ1) is 24.2. The number of rotatable bonds is 6. The van der Waals surface area contributed by atoms with Gasteiger partial charge in [-0.25, -0.2) is 4.39 Å². The van der Waals surface area contributed by atoms with E-state index in [1.54, 1.807) is 43.6 Å². The zero-order valence-electron chi connectivity index (χ0n) is 20.1. The van der Waals surface area contributed by atoms with Crippen molar-refractivity contribution in [3.05, 3.63) is 112 Å². The van der Waals surface area contributed by atoms with Crippen LogP contribution < -0.4 is 5.32 Å². The Morgan fingerprint density at radius 3 is 2.51 bits per heavy atom. The monoisotopic (exact) mass is 474 g/mol. The third-order valence-electron chi connectivity index (χ3n) is 6.14. The maximum absolute atomic E-state index is 14.2. The molecule has 2 aliphatic rings. The lowest BCUT2D eigenvalue weighted by Crippen LogP contribution is -2.33. The van der Waals surface area contributed by atoms with Crippen LogP contribution in [0, 0.1) is 5.82 Å². The number of pyridine rings is 1. The van der Waals surface area contributed by atoms with Crippen LogP contribution in [-0.2, 0) is 20.8 Å². The van der Waals surface area contributed by atoms with Crippen LogP contribution in [-0.4, -0.2) is 35.8 Å². The van der Waals surface area contributed by atoms with Crippen LogP contribution in [0.3, 0.4) is 0 Å². The number of nitrogens with zero attached hydrogens (tertiary/aromatic N) is 1. The fraction of sp³-hybridized carbons (Fsp3) is 0.214. The molecule has 1 amide bonds. The lowest BCUT2D eigenvalue weighted by molar-refractivity contribution is -0.116. The highest BCUT2D eigenvalue weighted by Crippen LogP contribution is 2.43. The molecular weight excluding hydrogens is 447 g/mol. The van der Waals surface area contributed by atoms with Crippen LogP contribution in [0.4, 0.5) is 4.39 Å². The van der Waals surface area contributed by atoms with Gasteiger partial charge in [0, 0.05) is 25.0 Å². The quantitative estimate of drug-likeness (QED) is 0.605. The third-order valence-corrected chi connectivity index (χ3v) is 6.14. The Kier molecular flexibility index (Phi) is 6.71. The Morgan fingerprint density at radius 2 is 1.89 bits per heavy atom. The van der Waals surface area contributed by atoms with Crippen LogP contribution in [0.2, 0.25) is 0 Å². The molecule has 2 aliphatic carbocycles. The number of hydrogen-bond acceptors (Lipinski definition) is 5. The van der Waals surface area contributed by atoms with E-state index in [-0.39, 0.29) is 11.7 Å². The van der Waals surface area contributed by atoms with Gasteiger partial charge in [-0.05, 0) is 89.3 Å². The molecule has 0 atom stereocenters. The van der Waals surface area contributed by atoms with Crippen molar-refractivity contribution < 1.29 is 23.8 Å². The van der Waals surface area contributed by atoms with Crippen LogP contribution >= 0.6 is 0 Å². The standard InChI is InChI=1S/C28H27FN2O4/c1-17-22(10-19-11-25(34-3)28(2,33)26(12-19)35-4)21-8-7-20(29)13-24(21)23(17)14-27(32)31-16-18-6-5-9-30-15-18/h5-15,33H,16H2,1-4H3,(H,31,32)/b19-10?,23-14+. The molecule has 1 aromatic carbocycles. The van der Waals surface area contributed by atoms with Gasteiger partial charge in [0.05, 0.1) is 14.2 Å². The average molecular weight is 475 g/mol. The third kappa shape index (κ3) is 4.81. The second-order valence-electron chi connectivity index (χ2n) is 8.51. The van der Waals surface area contributed by atoms with E-state index in [1.165, 1.54) is 32.4 Å². The number of aliphatic hydroxyl groups is 1. The summed E-state index contributed by atoms with van der Waals surface area (Å²) in [7, 11) is 2.97. The molecule has 0 aliphatic heterocycles. The minimum absolute atomic E-state index is 0.288. The number of aromatic nitrogens is 1. The van der Waals surface area contributed by atoms with Crippen LogP contribution in [0.25, 0.3) is 11.1 Å². The number of nitrogens with one attached hydrogen (secondary N) is 1. The number of amides is 1. The molecule has 1 aromatic heterocycles. The summed E-state index contributed by atoms with van der Waals surface area (Å²) in [6.45, 7) is 3.82. The van der Waals surface area contributed by atoms with Crippen molar-refractivity contribution in [2.24, 2.45) is 0 Å². The Hall–Kier alpha value is -3.97. The molecule has 0 radical (unpaired) electrons. The normalized spacial score (nSPS) is 20.3. The van der Waals surface area contributed by atoms with Crippen LogP contribution in [0.15, 0.2) is 89.7 Å². The van der Waals surface area contributed by atoms with Gasteiger partial charge in [0.25, 0.3) is 0 Å². The number of methoxy groups -OCH3 is 2. The summed E-state index contributed by atoms with van der Waals surface area (Å²) in [4.78, 5) is 16.8. The van der Waals surface area contributed by atoms with Gasteiger partial charge in [0.15, 0.2) is 5.60 Å². The molecule has 0 spiro atoms. The summed E-state index contributed by atoms with van der Waals surface area (Å²) in [6, 6.07) is 8.22. The minimum Gasteiger partial charge on any atom is -0.498 e. The van der Waals surface area contributed by atoms with Crippen molar-refractivity contribution in [2.45, 2.75) is 26.0 Å². The van der Waals surface area contributed by atoms with Crippen molar-refractivity contribution in [1.29, 1.82) is 0 Å². The highest BCUT2D eigenvalue weighted by Gasteiger charge is 2.36. The zero-order valence-corrected chi connectivity index (χ0v) is 20.1. The number of hydrogen-bond donors (Lipinski definition) is 2. The lowest BCUT2D eigenvalue weighted by atomic mass is 9.91. The molecule has 2 aromatic rings. The fourth-order valence-electron chi connectivity index (χ4n) is 4.28. The molecule has 2 N–H and O–H groups in total. The zero-order chi connectivity index (χ0) is 25.2. The largest absolute Gasteiger partial charge is 0.498 e. The molecule has 6 nitrogen and oxygen atoms in total. The molecule has 0 bridgehead atoms. The van der Waals surface area contributed by atoms with E-state index in [2.05, 4.69) is 10.3 Å². The average Bonchev–Trinajstić information content (AvgIpc) is 3.09. The molecule has 7 heteroatoms. The highest BCUT2D eigenvalue weighted by atomic mass is 19.1. The first-order valence-corrected chi connectivity index (χ1v) is 11.1. The van der Waals surface area contributed by atoms with Gasteiger partial charge in [-0.15, -0.1) is 0 Å². The van der Waals surface area contributed by atoms with Gasteiger partial charge < -0.3 is 19.9 Å². The van der Waals surface area contributed by atoms with Crippen molar-refractivity contribution in [2.75, 3.05) is 14.2 Å². The topological polar surface area (TPSA) is 80.7 Å². The lowest BCUT2D eigenvalue weighted by Gasteiger charge is -2.30. The number of ether oxygens (including phenoxy) is 2. The van der Waals surface area contributed by atoms with Crippen molar-refractivity contribution >= 4 is 17.1 Å². The molecule has 1 heterocycles. The number of benzene rings is 1. The summed E-state index contributed by atoms with van der Waals surface area (Å²) >= 11 is 0. The SMILES string of the molecule is COC1=CC(=CC2=C(C)/C(=C\C(=O)NCc3cccnc3)c3cc(F)ccc32)C=C(OC)C1(C)O. The van der Waals surface area contributed by atoms with Crippen LogP contribution in [0.5, 0.6) is 0 Å². The summed E-state index contributed by atoms with van der Waals surface area (Å²) in [5.74, 6) is 0.00146. The Labute approximate surface area is 203 Å². The van der Waals surface area contributed by atoms with Gasteiger partial charge in [0.2, 0.25) is 5.91 Å². The summed E-state index contributed by atoms with van der Waals surface area (Å²) in [5.41, 5.74) is 3.97. The first-order chi connectivity index (χ1) is 16.7.